The van der Waals surface area contributed by atoms with Gasteiger partial charge in [-0.1, -0.05) is 61.6 Å². The molecule has 2 saturated carbocycles. The maximum atomic E-state index is 13.7. The number of rotatable bonds is 6. The predicted octanol–water partition coefficient (Wildman–Crippen LogP) is 6.56. The minimum atomic E-state index is -0.540. The summed E-state index contributed by atoms with van der Waals surface area (Å²) in [7, 11) is 0. The van der Waals surface area contributed by atoms with Crippen LogP contribution in [0.5, 0.6) is 0 Å². The Balaban J connectivity index is 1.68. The maximum Gasteiger partial charge on any atom is 0.112 e. The Hall–Kier alpha value is 0.660. The van der Waals surface area contributed by atoms with Crippen LogP contribution < -0.4 is 0 Å². The summed E-state index contributed by atoms with van der Waals surface area (Å²) in [6.07, 6.45) is 14.5. The summed E-state index contributed by atoms with van der Waals surface area (Å²) in [4.78, 5) is 0. The smallest absolute Gasteiger partial charge is 0.112 e. The molecule has 20 heavy (non-hydrogen) atoms. The van der Waals surface area contributed by atoms with Crippen molar-refractivity contribution >= 4 is 22.6 Å². The Morgan fingerprint density at radius 2 is 1.50 bits per heavy atom. The first kappa shape index (κ1) is 17.0. The average Bonchev–Trinajstić information content (AvgIpc) is 2.53. The van der Waals surface area contributed by atoms with Crippen molar-refractivity contribution in [3.8, 4) is 0 Å². The lowest BCUT2D eigenvalue weighted by molar-refractivity contribution is 0.115. The van der Waals surface area contributed by atoms with Gasteiger partial charge in [0.15, 0.2) is 0 Å². The molecule has 1 unspecified atom stereocenters. The van der Waals surface area contributed by atoms with Crippen molar-refractivity contribution in [1.82, 2.24) is 0 Å². The highest BCUT2D eigenvalue weighted by molar-refractivity contribution is 14.1. The van der Waals surface area contributed by atoms with Crippen LogP contribution in [-0.4, -0.2) is 10.6 Å². The fourth-order valence-corrected chi connectivity index (χ4v) is 5.26. The van der Waals surface area contributed by atoms with Crippen molar-refractivity contribution in [2.45, 2.75) is 83.7 Å². The summed E-state index contributed by atoms with van der Waals surface area (Å²) in [5.41, 5.74) is 0. The molecule has 0 nitrogen and oxygen atoms in total. The molecule has 0 radical (unpaired) electrons. The molecule has 0 aromatic rings. The Bertz CT molecular complexity index is 252. The largest absolute Gasteiger partial charge is 0.246 e. The van der Waals surface area contributed by atoms with Gasteiger partial charge in [-0.15, -0.1) is 0 Å². The molecule has 0 aliphatic heterocycles. The summed E-state index contributed by atoms with van der Waals surface area (Å²) in [5, 5.41) is 0. The third-order valence-electron chi connectivity index (χ3n) is 6.00. The van der Waals surface area contributed by atoms with E-state index in [2.05, 4.69) is 29.5 Å². The number of halogens is 2. The van der Waals surface area contributed by atoms with E-state index in [1.807, 2.05) is 0 Å². The van der Waals surface area contributed by atoms with Crippen LogP contribution in [-0.2, 0) is 0 Å². The third kappa shape index (κ3) is 4.84. The van der Waals surface area contributed by atoms with E-state index in [4.69, 9.17) is 0 Å². The van der Waals surface area contributed by atoms with Crippen LogP contribution in [0.4, 0.5) is 4.39 Å². The summed E-state index contributed by atoms with van der Waals surface area (Å²) in [5.74, 6) is 3.31. The highest BCUT2D eigenvalue weighted by atomic mass is 127. The van der Waals surface area contributed by atoms with Crippen LogP contribution >= 0.6 is 22.6 Å². The van der Waals surface area contributed by atoms with Crippen molar-refractivity contribution in [2.24, 2.45) is 23.7 Å². The molecule has 0 aromatic carbocycles. The lowest BCUT2D eigenvalue weighted by Gasteiger charge is -2.38. The number of alkyl halides is 2. The average molecular weight is 394 g/mol. The van der Waals surface area contributed by atoms with E-state index in [0.29, 0.717) is 10.3 Å². The Kier molecular flexibility index (Phi) is 7.61. The molecular weight excluding hydrogens is 362 g/mol. The van der Waals surface area contributed by atoms with Crippen LogP contribution in [0, 0.1) is 23.7 Å². The predicted molar refractivity (Wildman–Crippen MR) is 94.2 cm³/mol. The molecule has 2 aliphatic rings. The van der Waals surface area contributed by atoms with Gasteiger partial charge in [-0.25, -0.2) is 4.39 Å². The van der Waals surface area contributed by atoms with Gasteiger partial charge >= 0.3 is 0 Å². The highest BCUT2D eigenvalue weighted by Gasteiger charge is 2.32. The zero-order valence-electron chi connectivity index (χ0n) is 13.1. The minimum absolute atomic E-state index is 0.379. The van der Waals surface area contributed by atoms with E-state index in [-0.39, 0.29) is 0 Å². The van der Waals surface area contributed by atoms with Crippen LogP contribution in [0.2, 0.25) is 0 Å². The standard InChI is InChI=1S/C18H32FI/c1-2-3-4-14-5-7-15(8-6-14)16-9-11-17(12-10-16)18(19)13-20/h14-18H,2-13H2,1H3. The van der Waals surface area contributed by atoms with Crippen molar-refractivity contribution < 1.29 is 4.39 Å². The van der Waals surface area contributed by atoms with Gasteiger partial charge in [0.2, 0.25) is 0 Å². The van der Waals surface area contributed by atoms with Crippen molar-refractivity contribution in [1.29, 1.82) is 0 Å². The first-order valence-corrected chi connectivity index (χ1v) is 10.5. The topological polar surface area (TPSA) is 0 Å². The van der Waals surface area contributed by atoms with Crippen LogP contribution in [0.3, 0.4) is 0 Å². The third-order valence-corrected chi connectivity index (χ3v) is 6.84. The first-order chi connectivity index (χ1) is 9.74. The molecular formula is C18H32FI. The SMILES string of the molecule is CCCCC1CCC(C2CCC(C(F)CI)CC2)CC1. The molecule has 118 valence electrons. The number of hydrogen-bond donors (Lipinski definition) is 0. The van der Waals surface area contributed by atoms with Gasteiger partial charge in [0, 0.05) is 4.43 Å². The zero-order chi connectivity index (χ0) is 14.4. The number of unbranched alkanes of at least 4 members (excludes halogenated alkanes) is 1. The Labute approximate surface area is 138 Å². The monoisotopic (exact) mass is 394 g/mol. The summed E-state index contributed by atoms with van der Waals surface area (Å²) in [6, 6.07) is 0. The molecule has 2 fully saturated rings. The van der Waals surface area contributed by atoms with Crippen molar-refractivity contribution in [2.75, 3.05) is 4.43 Å². The second-order valence-corrected chi connectivity index (χ2v) is 8.15. The summed E-state index contributed by atoms with van der Waals surface area (Å²) < 4.78 is 14.4. The molecule has 2 aliphatic carbocycles. The van der Waals surface area contributed by atoms with Crippen LogP contribution in [0.1, 0.15) is 77.6 Å². The van der Waals surface area contributed by atoms with Crippen molar-refractivity contribution in [3.63, 3.8) is 0 Å². The van der Waals surface area contributed by atoms with Gasteiger partial charge in [0.1, 0.15) is 6.17 Å². The lowest BCUT2D eigenvalue weighted by atomic mass is 9.68. The van der Waals surface area contributed by atoms with Gasteiger partial charge < -0.3 is 0 Å². The normalized spacial score (nSPS) is 36.8. The van der Waals surface area contributed by atoms with Crippen molar-refractivity contribution in [3.05, 3.63) is 0 Å². The first-order valence-electron chi connectivity index (χ1n) is 8.94. The van der Waals surface area contributed by atoms with E-state index in [0.717, 1.165) is 30.6 Å². The van der Waals surface area contributed by atoms with E-state index in [1.165, 1.54) is 57.8 Å². The lowest BCUT2D eigenvalue weighted by Crippen LogP contribution is -2.29. The molecule has 0 saturated heterocycles. The second-order valence-electron chi connectivity index (χ2n) is 7.27. The Morgan fingerprint density at radius 1 is 0.950 bits per heavy atom. The molecule has 0 N–H and O–H groups in total. The minimum Gasteiger partial charge on any atom is -0.246 e. The van der Waals surface area contributed by atoms with Gasteiger partial charge in [0.05, 0.1) is 0 Å². The Morgan fingerprint density at radius 3 is 2.00 bits per heavy atom. The highest BCUT2D eigenvalue weighted by Crippen LogP contribution is 2.43. The molecule has 2 heteroatoms. The van der Waals surface area contributed by atoms with E-state index >= 15 is 0 Å². The molecule has 2 rings (SSSR count). The van der Waals surface area contributed by atoms with Gasteiger partial charge in [-0.05, 0) is 62.2 Å². The molecule has 1 atom stereocenters. The fourth-order valence-electron chi connectivity index (χ4n) is 4.55. The maximum absolute atomic E-state index is 13.7. The van der Waals surface area contributed by atoms with E-state index in [9.17, 15) is 4.39 Å². The summed E-state index contributed by atoms with van der Waals surface area (Å²) >= 11 is 2.20. The summed E-state index contributed by atoms with van der Waals surface area (Å²) in [6.45, 7) is 2.30. The molecule has 0 amide bonds. The number of hydrogen-bond acceptors (Lipinski definition) is 0. The molecule has 0 bridgehead atoms. The van der Waals surface area contributed by atoms with Gasteiger partial charge in [-0.3, -0.25) is 0 Å². The zero-order valence-corrected chi connectivity index (χ0v) is 15.3. The molecule has 0 spiro atoms. The molecule has 0 aromatic heterocycles. The van der Waals surface area contributed by atoms with Crippen LogP contribution in [0.25, 0.3) is 0 Å². The molecule has 0 heterocycles. The van der Waals surface area contributed by atoms with Gasteiger partial charge in [-0.2, -0.15) is 0 Å². The van der Waals surface area contributed by atoms with Gasteiger partial charge in [0.25, 0.3) is 0 Å². The van der Waals surface area contributed by atoms with E-state index in [1.54, 1.807) is 0 Å². The quantitative estimate of drug-likeness (QED) is 0.353. The fraction of sp³-hybridized carbons (Fsp3) is 1.00. The second kappa shape index (κ2) is 8.95. The van der Waals surface area contributed by atoms with Crippen LogP contribution in [0.15, 0.2) is 0 Å². The van der Waals surface area contributed by atoms with E-state index < -0.39 is 6.17 Å².